The van der Waals surface area contributed by atoms with E-state index in [2.05, 4.69) is 18.0 Å². The lowest BCUT2D eigenvalue weighted by Gasteiger charge is -2.21. The van der Waals surface area contributed by atoms with Gasteiger partial charge in [-0.1, -0.05) is 0 Å². The van der Waals surface area contributed by atoms with E-state index in [0.717, 1.165) is 19.5 Å². The third-order valence-corrected chi connectivity index (χ3v) is 3.77. The second-order valence-electron chi connectivity index (χ2n) is 4.03. The number of hydrogen-bond acceptors (Lipinski definition) is 3. The molecule has 0 unspecified atom stereocenters. The van der Waals surface area contributed by atoms with Crippen LogP contribution in [0.1, 0.15) is 22.2 Å². The summed E-state index contributed by atoms with van der Waals surface area (Å²) in [4.78, 5) is 16.0. The number of ketones is 1. The van der Waals surface area contributed by atoms with E-state index in [-0.39, 0.29) is 5.78 Å². The predicted octanol–water partition coefficient (Wildman–Crippen LogP) is 1.87. The molecule has 0 bridgehead atoms. The van der Waals surface area contributed by atoms with Crippen molar-refractivity contribution >= 4 is 17.1 Å². The van der Waals surface area contributed by atoms with Gasteiger partial charge in [-0.05, 0) is 32.0 Å². The summed E-state index contributed by atoms with van der Waals surface area (Å²) < 4.78 is 0. The van der Waals surface area contributed by atoms with Crippen LogP contribution in [0.5, 0.6) is 0 Å². The van der Waals surface area contributed by atoms with Crippen LogP contribution in [0.25, 0.3) is 0 Å². The lowest BCUT2D eigenvalue weighted by Crippen LogP contribution is -2.25. The molecule has 2 heterocycles. The molecule has 0 N–H and O–H groups in total. The van der Waals surface area contributed by atoms with Crippen LogP contribution in [0, 0.1) is 0 Å². The second kappa shape index (κ2) is 3.83. The maximum absolute atomic E-state index is 11.0. The zero-order valence-electron chi connectivity index (χ0n) is 8.67. The molecule has 2 nitrogen and oxygen atoms in total. The van der Waals surface area contributed by atoms with Crippen LogP contribution in [0.15, 0.2) is 6.07 Å². The van der Waals surface area contributed by atoms with Crippen LogP contribution in [-0.4, -0.2) is 24.3 Å². The van der Waals surface area contributed by atoms with Crippen molar-refractivity contribution < 1.29 is 4.79 Å². The Kier molecular flexibility index (Phi) is 2.70. The van der Waals surface area contributed by atoms with Crippen LogP contribution < -0.4 is 0 Å². The van der Waals surface area contributed by atoms with Gasteiger partial charge in [0, 0.05) is 29.3 Å². The highest BCUT2D eigenvalue weighted by Crippen LogP contribution is 2.27. The number of fused-ring (bicyclic) bond motifs is 1. The molecule has 0 aliphatic carbocycles. The van der Waals surface area contributed by atoms with E-state index in [0.29, 0.717) is 6.42 Å². The molecular formula is C11H15NOS. The summed E-state index contributed by atoms with van der Waals surface area (Å²) in [6.07, 6.45) is 1.76. The normalized spacial score (nSPS) is 16.7. The Balaban J connectivity index is 2.19. The molecule has 0 saturated carbocycles. The summed E-state index contributed by atoms with van der Waals surface area (Å²) in [5.74, 6) is 0.261. The number of carbonyl (C=O) groups excluding carboxylic acids is 1. The Labute approximate surface area is 88.5 Å². The predicted molar refractivity (Wildman–Crippen MR) is 58.7 cm³/mol. The van der Waals surface area contributed by atoms with Crippen molar-refractivity contribution in [2.24, 2.45) is 0 Å². The molecule has 76 valence electrons. The maximum atomic E-state index is 11.0. The van der Waals surface area contributed by atoms with Crippen LogP contribution in [0.4, 0.5) is 0 Å². The quantitative estimate of drug-likeness (QED) is 0.741. The third-order valence-electron chi connectivity index (χ3n) is 2.53. The monoisotopic (exact) mass is 209 g/mol. The van der Waals surface area contributed by atoms with Crippen LogP contribution in [-0.2, 0) is 24.2 Å². The summed E-state index contributed by atoms with van der Waals surface area (Å²) in [6.45, 7) is 3.85. The van der Waals surface area contributed by atoms with Gasteiger partial charge in [0.15, 0.2) is 0 Å². The Morgan fingerprint density at radius 1 is 1.64 bits per heavy atom. The van der Waals surface area contributed by atoms with Gasteiger partial charge in [-0.25, -0.2) is 0 Å². The molecule has 0 saturated heterocycles. The van der Waals surface area contributed by atoms with Gasteiger partial charge in [-0.3, -0.25) is 4.79 Å². The van der Waals surface area contributed by atoms with Crippen molar-refractivity contribution in [3.63, 3.8) is 0 Å². The summed E-state index contributed by atoms with van der Waals surface area (Å²) in [6, 6.07) is 2.21. The lowest BCUT2D eigenvalue weighted by molar-refractivity contribution is -0.116. The molecule has 1 aromatic rings. The minimum atomic E-state index is 0.261. The van der Waals surface area contributed by atoms with Gasteiger partial charge in [0.25, 0.3) is 0 Å². The number of thiophene rings is 1. The number of Topliss-reactive ketones (excluding diaryl/α,β-unsaturated/α-hetero) is 1. The Morgan fingerprint density at radius 2 is 2.43 bits per heavy atom. The van der Waals surface area contributed by atoms with E-state index in [4.69, 9.17) is 0 Å². The van der Waals surface area contributed by atoms with Crippen molar-refractivity contribution in [2.75, 3.05) is 13.6 Å². The minimum absolute atomic E-state index is 0.261. The van der Waals surface area contributed by atoms with Gasteiger partial charge in [0.1, 0.15) is 5.78 Å². The number of likely N-dealkylation sites (N-methyl/N-ethyl adjacent to an activating group) is 1. The van der Waals surface area contributed by atoms with E-state index in [1.807, 2.05) is 11.3 Å². The summed E-state index contributed by atoms with van der Waals surface area (Å²) in [5.41, 5.74) is 1.43. The highest BCUT2D eigenvalue weighted by molar-refractivity contribution is 7.12. The van der Waals surface area contributed by atoms with Gasteiger partial charge >= 0.3 is 0 Å². The minimum Gasteiger partial charge on any atom is -0.302 e. The molecule has 0 radical (unpaired) electrons. The van der Waals surface area contributed by atoms with E-state index in [1.54, 1.807) is 6.92 Å². The molecule has 0 spiro atoms. The highest BCUT2D eigenvalue weighted by Gasteiger charge is 2.16. The fourth-order valence-corrected chi connectivity index (χ4v) is 3.11. The smallest absolute Gasteiger partial charge is 0.135 e. The lowest BCUT2D eigenvalue weighted by atomic mass is 10.1. The molecule has 1 aromatic heterocycles. The highest BCUT2D eigenvalue weighted by atomic mass is 32.1. The molecule has 0 aromatic carbocycles. The first-order valence-electron chi connectivity index (χ1n) is 4.93. The number of carbonyl (C=O) groups is 1. The standard InChI is InChI=1S/C11H15NOS/c1-8(13)5-10-6-9-7-12(2)4-3-11(9)14-10/h6H,3-5,7H2,1-2H3. The van der Waals surface area contributed by atoms with Gasteiger partial charge in [0.05, 0.1) is 0 Å². The van der Waals surface area contributed by atoms with Gasteiger partial charge < -0.3 is 4.90 Å². The Bertz CT molecular complexity index is 356. The van der Waals surface area contributed by atoms with E-state index < -0.39 is 0 Å². The van der Waals surface area contributed by atoms with Gasteiger partial charge in [-0.2, -0.15) is 0 Å². The first-order valence-corrected chi connectivity index (χ1v) is 5.75. The summed E-state index contributed by atoms with van der Waals surface area (Å²) in [7, 11) is 2.14. The number of rotatable bonds is 2. The van der Waals surface area contributed by atoms with Crippen LogP contribution in [0.3, 0.4) is 0 Å². The zero-order valence-corrected chi connectivity index (χ0v) is 9.49. The average molecular weight is 209 g/mol. The molecule has 1 aliphatic rings. The topological polar surface area (TPSA) is 20.3 Å². The number of hydrogen-bond donors (Lipinski definition) is 0. The molecule has 0 fully saturated rings. The summed E-state index contributed by atoms with van der Waals surface area (Å²) >= 11 is 1.82. The molecule has 2 rings (SSSR count). The molecule has 0 atom stereocenters. The van der Waals surface area contributed by atoms with E-state index >= 15 is 0 Å². The van der Waals surface area contributed by atoms with E-state index in [1.165, 1.54) is 15.3 Å². The van der Waals surface area contributed by atoms with Crippen molar-refractivity contribution in [2.45, 2.75) is 26.3 Å². The van der Waals surface area contributed by atoms with Gasteiger partial charge in [0.2, 0.25) is 0 Å². The fraction of sp³-hybridized carbons (Fsp3) is 0.545. The fourth-order valence-electron chi connectivity index (χ4n) is 1.87. The maximum Gasteiger partial charge on any atom is 0.135 e. The van der Waals surface area contributed by atoms with E-state index in [9.17, 15) is 4.79 Å². The van der Waals surface area contributed by atoms with Gasteiger partial charge in [-0.15, -0.1) is 11.3 Å². The first kappa shape index (κ1) is 9.87. The Morgan fingerprint density at radius 3 is 3.14 bits per heavy atom. The van der Waals surface area contributed by atoms with Crippen molar-refractivity contribution in [3.8, 4) is 0 Å². The SMILES string of the molecule is CC(=O)Cc1cc2c(s1)CCN(C)C2. The van der Waals surface area contributed by atoms with Crippen molar-refractivity contribution in [1.82, 2.24) is 4.90 Å². The van der Waals surface area contributed by atoms with Crippen LogP contribution >= 0.6 is 11.3 Å². The second-order valence-corrected chi connectivity index (χ2v) is 5.25. The van der Waals surface area contributed by atoms with Crippen molar-refractivity contribution in [1.29, 1.82) is 0 Å². The molecule has 3 heteroatoms. The zero-order chi connectivity index (χ0) is 10.1. The Hall–Kier alpha value is -0.670. The summed E-state index contributed by atoms with van der Waals surface area (Å²) in [5, 5.41) is 0. The third kappa shape index (κ3) is 2.04. The average Bonchev–Trinajstić information content (AvgIpc) is 2.44. The largest absolute Gasteiger partial charge is 0.302 e. The molecule has 0 amide bonds. The molecular weight excluding hydrogens is 194 g/mol. The van der Waals surface area contributed by atoms with Crippen LogP contribution in [0.2, 0.25) is 0 Å². The van der Waals surface area contributed by atoms with Crippen molar-refractivity contribution in [3.05, 3.63) is 21.4 Å². The first-order chi connectivity index (χ1) is 6.65. The molecule has 1 aliphatic heterocycles. The number of nitrogens with zero attached hydrogens (tertiary/aromatic N) is 1. The molecule has 14 heavy (non-hydrogen) atoms.